The number of aliphatic hydroxyl groups is 1. The monoisotopic (exact) mass is 295 g/mol. The number of hydrogen-bond donors (Lipinski definition) is 1. The van der Waals surface area contributed by atoms with Crippen LogP contribution in [0.5, 0.6) is 0 Å². The maximum atomic E-state index is 10.9. The molecule has 2 aromatic rings. The first-order valence-electron chi connectivity index (χ1n) is 6.02. The van der Waals surface area contributed by atoms with Crippen molar-refractivity contribution in [3.05, 3.63) is 56.4 Å². The molecule has 0 amide bonds. The molecule has 0 spiro atoms. The standard InChI is InChI=1S/C13H14ClN3O3/c1-8-13(17(19)20)9(2)16(15-8)7-12(18)10-5-3-4-6-11(10)14/h3-6,12,18H,7H2,1-2H3/t12-/m1/s1. The van der Waals surface area contributed by atoms with Crippen molar-refractivity contribution in [2.24, 2.45) is 0 Å². The maximum absolute atomic E-state index is 10.9. The maximum Gasteiger partial charge on any atom is 0.312 e. The topological polar surface area (TPSA) is 81.2 Å². The molecule has 1 aromatic carbocycles. The Morgan fingerprint density at radius 1 is 1.45 bits per heavy atom. The molecule has 0 fully saturated rings. The minimum Gasteiger partial charge on any atom is -0.386 e. The molecule has 2 rings (SSSR count). The van der Waals surface area contributed by atoms with Crippen molar-refractivity contribution < 1.29 is 10.0 Å². The van der Waals surface area contributed by atoms with E-state index in [9.17, 15) is 15.2 Å². The van der Waals surface area contributed by atoms with Gasteiger partial charge >= 0.3 is 5.69 Å². The Bertz CT molecular complexity index is 654. The number of nitrogens with zero attached hydrogens (tertiary/aromatic N) is 3. The number of nitro groups is 1. The third kappa shape index (κ3) is 2.66. The number of benzene rings is 1. The van der Waals surface area contributed by atoms with Gasteiger partial charge in [-0.05, 0) is 19.9 Å². The van der Waals surface area contributed by atoms with Crippen molar-refractivity contribution in [2.75, 3.05) is 0 Å². The van der Waals surface area contributed by atoms with Gasteiger partial charge < -0.3 is 5.11 Å². The largest absolute Gasteiger partial charge is 0.386 e. The second-order valence-corrected chi connectivity index (χ2v) is 4.90. The first kappa shape index (κ1) is 14.5. The quantitative estimate of drug-likeness (QED) is 0.694. The zero-order valence-electron chi connectivity index (χ0n) is 11.1. The average molecular weight is 296 g/mol. The van der Waals surface area contributed by atoms with Gasteiger partial charge in [-0.1, -0.05) is 29.8 Å². The fourth-order valence-corrected chi connectivity index (χ4v) is 2.40. The van der Waals surface area contributed by atoms with Crippen molar-refractivity contribution in [1.82, 2.24) is 9.78 Å². The first-order chi connectivity index (χ1) is 9.41. The highest BCUT2D eigenvalue weighted by atomic mass is 35.5. The number of aliphatic hydroxyl groups excluding tert-OH is 1. The lowest BCUT2D eigenvalue weighted by molar-refractivity contribution is -0.386. The third-order valence-corrected chi connectivity index (χ3v) is 3.48. The second kappa shape index (κ2) is 5.60. The van der Waals surface area contributed by atoms with Crippen LogP contribution in [0.1, 0.15) is 23.1 Å². The van der Waals surface area contributed by atoms with E-state index in [2.05, 4.69) is 5.10 Å². The lowest BCUT2D eigenvalue weighted by atomic mass is 10.1. The van der Waals surface area contributed by atoms with Gasteiger partial charge in [-0.25, -0.2) is 0 Å². The van der Waals surface area contributed by atoms with Crippen LogP contribution in [0, 0.1) is 24.0 Å². The highest BCUT2D eigenvalue weighted by Gasteiger charge is 2.23. The number of rotatable bonds is 4. The molecule has 0 aliphatic heterocycles. The fourth-order valence-electron chi connectivity index (χ4n) is 2.14. The van der Waals surface area contributed by atoms with Gasteiger partial charge in [0, 0.05) is 10.6 Å². The minimum atomic E-state index is -0.874. The van der Waals surface area contributed by atoms with E-state index in [1.165, 1.54) is 4.68 Å². The lowest BCUT2D eigenvalue weighted by Gasteiger charge is -2.13. The van der Waals surface area contributed by atoms with Crippen LogP contribution in [0.15, 0.2) is 24.3 Å². The van der Waals surface area contributed by atoms with Crippen LogP contribution >= 0.6 is 11.6 Å². The van der Waals surface area contributed by atoms with Gasteiger partial charge in [-0.15, -0.1) is 0 Å². The smallest absolute Gasteiger partial charge is 0.312 e. The van der Waals surface area contributed by atoms with Gasteiger partial charge in [0.15, 0.2) is 0 Å². The van der Waals surface area contributed by atoms with Crippen LogP contribution in [-0.4, -0.2) is 19.8 Å². The Balaban J connectivity index is 2.29. The number of aryl methyl sites for hydroxylation is 1. The summed E-state index contributed by atoms with van der Waals surface area (Å²) in [5.41, 5.74) is 1.30. The van der Waals surface area contributed by atoms with Crippen LogP contribution in [0.4, 0.5) is 5.69 Å². The summed E-state index contributed by atoms with van der Waals surface area (Å²) in [4.78, 5) is 10.5. The van der Waals surface area contributed by atoms with E-state index >= 15 is 0 Å². The molecule has 0 saturated carbocycles. The van der Waals surface area contributed by atoms with Crippen molar-refractivity contribution in [1.29, 1.82) is 0 Å². The van der Waals surface area contributed by atoms with E-state index in [4.69, 9.17) is 11.6 Å². The van der Waals surface area contributed by atoms with Crippen molar-refractivity contribution in [3.8, 4) is 0 Å². The predicted molar refractivity (Wildman–Crippen MR) is 74.8 cm³/mol. The van der Waals surface area contributed by atoms with Crippen LogP contribution in [0.25, 0.3) is 0 Å². The van der Waals surface area contributed by atoms with Gasteiger partial charge in [0.05, 0.1) is 17.6 Å². The SMILES string of the molecule is Cc1nn(C[C@@H](O)c2ccccc2Cl)c(C)c1[N+](=O)[O-]. The molecule has 0 radical (unpaired) electrons. The van der Waals surface area contributed by atoms with Crippen molar-refractivity contribution in [2.45, 2.75) is 26.5 Å². The van der Waals surface area contributed by atoms with Crippen LogP contribution in [-0.2, 0) is 6.54 Å². The third-order valence-electron chi connectivity index (χ3n) is 3.14. The zero-order valence-corrected chi connectivity index (χ0v) is 11.8. The molecule has 106 valence electrons. The Hall–Kier alpha value is -1.92. The lowest BCUT2D eigenvalue weighted by Crippen LogP contribution is -2.12. The number of halogens is 1. The van der Waals surface area contributed by atoms with Crippen LogP contribution < -0.4 is 0 Å². The molecule has 0 bridgehead atoms. The van der Waals surface area contributed by atoms with Gasteiger partial charge in [0.1, 0.15) is 11.4 Å². The molecule has 0 saturated heterocycles. The predicted octanol–water partition coefficient (Wildman–Crippen LogP) is 2.80. The van der Waals surface area contributed by atoms with E-state index in [0.29, 0.717) is 22.0 Å². The Morgan fingerprint density at radius 3 is 2.65 bits per heavy atom. The average Bonchev–Trinajstić information content (AvgIpc) is 2.64. The zero-order chi connectivity index (χ0) is 14.9. The summed E-state index contributed by atoms with van der Waals surface area (Å²) in [5, 5.41) is 25.7. The molecule has 7 heteroatoms. The summed E-state index contributed by atoms with van der Waals surface area (Å²) in [6.07, 6.45) is -0.874. The Morgan fingerprint density at radius 2 is 2.10 bits per heavy atom. The molecule has 6 nitrogen and oxygen atoms in total. The molecule has 1 N–H and O–H groups in total. The Labute approximate surface area is 120 Å². The first-order valence-corrected chi connectivity index (χ1v) is 6.40. The molecule has 20 heavy (non-hydrogen) atoms. The molecule has 1 atom stereocenters. The van der Waals surface area contributed by atoms with Crippen molar-refractivity contribution >= 4 is 17.3 Å². The highest BCUT2D eigenvalue weighted by Crippen LogP contribution is 2.27. The van der Waals surface area contributed by atoms with Gasteiger partial charge in [0.25, 0.3) is 0 Å². The summed E-state index contributed by atoms with van der Waals surface area (Å²) in [6.45, 7) is 3.30. The Kier molecular flexibility index (Phi) is 4.06. The summed E-state index contributed by atoms with van der Waals surface area (Å²) in [7, 11) is 0. The molecular weight excluding hydrogens is 282 g/mol. The van der Waals surface area contributed by atoms with Crippen LogP contribution in [0.3, 0.4) is 0 Å². The summed E-state index contributed by atoms with van der Waals surface area (Å²) < 4.78 is 1.43. The van der Waals surface area contributed by atoms with E-state index in [1.54, 1.807) is 38.1 Å². The highest BCUT2D eigenvalue weighted by molar-refractivity contribution is 6.31. The summed E-state index contributed by atoms with van der Waals surface area (Å²) >= 11 is 6.01. The number of aromatic nitrogens is 2. The molecule has 1 aromatic heterocycles. The second-order valence-electron chi connectivity index (χ2n) is 4.50. The molecule has 0 unspecified atom stereocenters. The van der Waals surface area contributed by atoms with Crippen LogP contribution in [0.2, 0.25) is 5.02 Å². The summed E-state index contributed by atoms with van der Waals surface area (Å²) in [6, 6.07) is 6.94. The molecule has 1 heterocycles. The number of hydrogen-bond acceptors (Lipinski definition) is 4. The van der Waals surface area contributed by atoms with E-state index in [1.807, 2.05) is 0 Å². The molecular formula is C13H14ClN3O3. The minimum absolute atomic E-state index is 0.0173. The molecule has 0 aliphatic carbocycles. The van der Waals surface area contributed by atoms with E-state index in [-0.39, 0.29) is 12.2 Å². The van der Waals surface area contributed by atoms with E-state index < -0.39 is 11.0 Å². The van der Waals surface area contributed by atoms with Gasteiger partial charge in [0.2, 0.25) is 0 Å². The fraction of sp³-hybridized carbons (Fsp3) is 0.308. The molecule has 0 aliphatic rings. The van der Waals surface area contributed by atoms with Crippen molar-refractivity contribution in [3.63, 3.8) is 0 Å². The van der Waals surface area contributed by atoms with Gasteiger partial charge in [-0.2, -0.15) is 5.10 Å². The van der Waals surface area contributed by atoms with E-state index in [0.717, 1.165) is 0 Å². The van der Waals surface area contributed by atoms with Gasteiger partial charge in [-0.3, -0.25) is 14.8 Å². The summed E-state index contributed by atoms with van der Waals surface area (Å²) in [5.74, 6) is 0. The normalized spacial score (nSPS) is 12.4.